The molecule has 0 unspecified atom stereocenters. The number of carbonyl (C=O) groups is 1. The molecule has 0 fully saturated rings. The third kappa shape index (κ3) is 2.43. The predicted octanol–water partition coefficient (Wildman–Crippen LogP) is 1.25. The van der Waals surface area contributed by atoms with E-state index >= 15 is 0 Å². The summed E-state index contributed by atoms with van der Waals surface area (Å²) in [5, 5.41) is 10.0. The van der Waals surface area contributed by atoms with Crippen LogP contribution in [-0.4, -0.2) is 25.0 Å². The van der Waals surface area contributed by atoms with Gasteiger partial charge >= 0.3 is 0 Å². The third-order valence-corrected chi connectivity index (χ3v) is 3.26. The Morgan fingerprint density at radius 2 is 2.10 bits per heavy atom. The number of phenols is 1. The first-order valence-electron chi connectivity index (χ1n) is 6.68. The molecule has 0 spiro atoms. The lowest BCUT2D eigenvalue weighted by atomic mass is 10.0. The summed E-state index contributed by atoms with van der Waals surface area (Å²) in [5.41, 5.74) is 1.12. The van der Waals surface area contributed by atoms with Gasteiger partial charge in [-0.25, -0.2) is 0 Å². The van der Waals surface area contributed by atoms with Crippen LogP contribution < -0.4 is 9.64 Å². The quantitative estimate of drug-likeness (QED) is 0.833. The molecule has 5 heteroatoms. The second-order valence-electron chi connectivity index (χ2n) is 5.28. The van der Waals surface area contributed by atoms with Gasteiger partial charge in [-0.2, -0.15) is 0 Å². The number of hydrogen-bond donors (Lipinski definition) is 2. The molecule has 2 aromatic rings. The van der Waals surface area contributed by atoms with Crippen LogP contribution in [0.5, 0.6) is 11.5 Å². The van der Waals surface area contributed by atoms with E-state index in [0.717, 1.165) is 4.90 Å². The molecule has 1 aromatic carbocycles. The first-order chi connectivity index (χ1) is 10.1. The molecular weight excluding hydrogens is 270 g/mol. The Kier molecular flexibility index (Phi) is 3.27. The van der Waals surface area contributed by atoms with Gasteiger partial charge in [0.05, 0.1) is 31.5 Å². The Bertz CT molecular complexity index is 714. The van der Waals surface area contributed by atoms with Gasteiger partial charge in [0, 0.05) is 6.08 Å². The van der Waals surface area contributed by atoms with Crippen LogP contribution in [0, 0.1) is 0 Å². The Hall–Kier alpha value is -2.53. The van der Waals surface area contributed by atoms with E-state index < -0.39 is 0 Å². The molecule has 21 heavy (non-hydrogen) atoms. The monoisotopic (exact) mass is 286 g/mol. The molecule has 0 aliphatic carbocycles. The Morgan fingerprint density at radius 3 is 2.76 bits per heavy atom. The maximum atomic E-state index is 12.3. The number of ether oxygens (including phenoxy) is 1. The van der Waals surface area contributed by atoms with Gasteiger partial charge in [-0.05, 0) is 24.3 Å². The SMILES string of the molecule is C[NH+](C)Cc1c(O)ccc2c1O/C(=C/c1ccco1)C2=O. The van der Waals surface area contributed by atoms with Crippen molar-refractivity contribution in [3.05, 3.63) is 53.2 Å². The summed E-state index contributed by atoms with van der Waals surface area (Å²) < 4.78 is 10.9. The van der Waals surface area contributed by atoms with Crippen molar-refractivity contribution in [1.29, 1.82) is 0 Å². The van der Waals surface area contributed by atoms with Crippen molar-refractivity contribution in [3.8, 4) is 11.5 Å². The Labute approximate surface area is 122 Å². The molecule has 1 aliphatic heterocycles. The smallest absolute Gasteiger partial charge is 0.232 e. The minimum atomic E-state index is -0.198. The van der Waals surface area contributed by atoms with Crippen molar-refractivity contribution >= 4 is 11.9 Å². The zero-order chi connectivity index (χ0) is 15.0. The lowest BCUT2D eigenvalue weighted by Crippen LogP contribution is -3.04. The second kappa shape index (κ2) is 5.10. The topological polar surface area (TPSA) is 64.1 Å². The van der Waals surface area contributed by atoms with E-state index in [2.05, 4.69) is 0 Å². The lowest BCUT2D eigenvalue weighted by molar-refractivity contribution is -0.872. The van der Waals surface area contributed by atoms with Crippen molar-refractivity contribution < 1.29 is 24.0 Å². The molecule has 0 saturated carbocycles. The number of nitrogens with one attached hydrogen (secondary N) is 1. The van der Waals surface area contributed by atoms with Gasteiger partial charge in [-0.15, -0.1) is 0 Å². The van der Waals surface area contributed by atoms with Gasteiger partial charge < -0.3 is 19.2 Å². The van der Waals surface area contributed by atoms with Crippen LogP contribution in [0.4, 0.5) is 0 Å². The summed E-state index contributed by atoms with van der Waals surface area (Å²) >= 11 is 0. The molecule has 0 amide bonds. The van der Waals surface area contributed by atoms with Crippen LogP contribution in [0.2, 0.25) is 0 Å². The summed E-state index contributed by atoms with van der Waals surface area (Å²) in [5.74, 6) is 1.15. The number of Topliss-reactive ketones (excluding diaryl/α,β-unsaturated/α-hetero) is 1. The number of quaternary nitrogens is 1. The predicted molar refractivity (Wildman–Crippen MR) is 76.3 cm³/mol. The van der Waals surface area contributed by atoms with Crippen LogP contribution in [0.15, 0.2) is 40.7 Å². The Morgan fingerprint density at radius 1 is 1.29 bits per heavy atom. The maximum Gasteiger partial charge on any atom is 0.232 e. The molecule has 2 heterocycles. The highest BCUT2D eigenvalue weighted by Crippen LogP contribution is 2.39. The van der Waals surface area contributed by atoms with E-state index in [1.165, 1.54) is 12.3 Å². The van der Waals surface area contributed by atoms with Gasteiger partial charge in [0.25, 0.3) is 0 Å². The number of allylic oxidation sites excluding steroid dienone is 1. The minimum absolute atomic E-state index is 0.141. The highest BCUT2D eigenvalue weighted by Gasteiger charge is 2.32. The molecular formula is C16H16NO4+. The first-order valence-corrected chi connectivity index (χ1v) is 6.68. The summed E-state index contributed by atoms with van der Waals surface area (Å²) in [4.78, 5) is 13.5. The van der Waals surface area contributed by atoms with E-state index in [0.29, 0.717) is 29.2 Å². The third-order valence-electron chi connectivity index (χ3n) is 3.26. The fourth-order valence-electron chi connectivity index (χ4n) is 2.32. The van der Waals surface area contributed by atoms with Crippen LogP contribution in [0.1, 0.15) is 21.7 Å². The zero-order valence-electron chi connectivity index (χ0n) is 11.8. The number of ketones is 1. The van der Waals surface area contributed by atoms with Gasteiger partial charge in [-0.1, -0.05) is 0 Å². The summed E-state index contributed by atoms with van der Waals surface area (Å²) in [7, 11) is 3.93. The van der Waals surface area contributed by atoms with Crippen LogP contribution in [0.3, 0.4) is 0 Å². The number of rotatable bonds is 3. The number of furan rings is 1. The number of hydrogen-bond acceptors (Lipinski definition) is 4. The van der Waals surface area contributed by atoms with Gasteiger partial charge in [0.2, 0.25) is 5.78 Å². The minimum Gasteiger partial charge on any atom is -0.507 e. The second-order valence-corrected chi connectivity index (χ2v) is 5.28. The molecule has 0 bridgehead atoms. The first kappa shape index (κ1) is 13.5. The van der Waals surface area contributed by atoms with E-state index in [9.17, 15) is 9.90 Å². The molecule has 1 aromatic heterocycles. The normalized spacial score (nSPS) is 15.6. The largest absolute Gasteiger partial charge is 0.507 e. The molecule has 0 atom stereocenters. The average molecular weight is 286 g/mol. The van der Waals surface area contributed by atoms with Crippen LogP contribution >= 0.6 is 0 Å². The zero-order valence-corrected chi connectivity index (χ0v) is 11.8. The van der Waals surface area contributed by atoms with Gasteiger partial charge in [-0.3, -0.25) is 4.79 Å². The van der Waals surface area contributed by atoms with E-state index in [4.69, 9.17) is 9.15 Å². The number of fused-ring (bicyclic) bond motifs is 1. The summed E-state index contributed by atoms with van der Waals surface area (Å²) in [6, 6.07) is 6.61. The van der Waals surface area contributed by atoms with Gasteiger partial charge in [0.15, 0.2) is 11.5 Å². The van der Waals surface area contributed by atoms with Crippen LogP contribution in [0.25, 0.3) is 6.08 Å². The van der Waals surface area contributed by atoms with Crippen molar-refractivity contribution in [1.82, 2.24) is 0 Å². The Balaban J connectivity index is 2.03. The fraction of sp³-hybridized carbons (Fsp3) is 0.188. The standard InChI is InChI=1S/C16H15NO4/c1-17(2)9-12-13(18)6-5-11-15(19)14(21-16(11)12)8-10-4-3-7-20-10/h3-8,18H,9H2,1-2H3/p+1/b14-8+. The molecule has 2 N–H and O–H groups in total. The summed E-state index contributed by atoms with van der Waals surface area (Å²) in [6.07, 6.45) is 3.09. The highest BCUT2D eigenvalue weighted by molar-refractivity contribution is 6.14. The van der Waals surface area contributed by atoms with E-state index in [1.54, 1.807) is 24.3 Å². The van der Waals surface area contributed by atoms with E-state index in [-0.39, 0.29) is 17.3 Å². The molecule has 0 saturated heterocycles. The van der Waals surface area contributed by atoms with Crippen molar-refractivity contribution in [3.63, 3.8) is 0 Å². The number of phenolic OH excluding ortho intramolecular Hbond substituents is 1. The molecule has 5 nitrogen and oxygen atoms in total. The van der Waals surface area contributed by atoms with Crippen molar-refractivity contribution in [2.24, 2.45) is 0 Å². The number of carbonyl (C=O) groups excluding carboxylic acids is 1. The van der Waals surface area contributed by atoms with E-state index in [1.807, 2.05) is 14.1 Å². The highest BCUT2D eigenvalue weighted by atomic mass is 16.5. The van der Waals surface area contributed by atoms with Crippen LogP contribution in [-0.2, 0) is 6.54 Å². The molecule has 3 rings (SSSR count). The average Bonchev–Trinajstić information content (AvgIpc) is 3.03. The van der Waals surface area contributed by atoms with Gasteiger partial charge in [0.1, 0.15) is 18.1 Å². The van der Waals surface area contributed by atoms with Crippen molar-refractivity contribution in [2.45, 2.75) is 6.54 Å². The molecule has 0 radical (unpaired) electrons. The molecule has 108 valence electrons. The maximum absolute atomic E-state index is 12.3. The number of benzene rings is 1. The summed E-state index contributed by atoms with van der Waals surface area (Å²) in [6.45, 7) is 0.566. The fourth-order valence-corrected chi connectivity index (χ4v) is 2.32. The molecule has 1 aliphatic rings. The number of aromatic hydroxyl groups is 1. The lowest BCUT2D eigenvalue weighted by Gasteiger charge is -2.11. The van der Waals surface area contributed by atoms with Crippen molar-refractivity contribution in [2.75, 3.05) is 14.1 Å².